The molecule has 0 saturated carbocycles. The molecule has 3 heterocycles. The number of piperidine rings is 1. The largest absolute Gasteiger partial charge is 0.497 e. The molecule has 3 aromatic rings. The molecule has 9 heteroatoms. The highest BCUT2D eigenvalue weighted by Crippen LogP contribution is 2.35. The van der Waals surface area contributed by atoms with Crippen molar-refractivity contribution in [3.63, 3.8) is 0 Å². The molecule has 0 aliphatic carbocycles. The molecule has 1 aliphatic rings. The third-order valence-electron chi connectivity index (χ3n) is 7.50. The highest BCUT2D eigenvalue weighted by molar-refractivity contribution is 7.99. The van der Waals surface area contributed by atoms with E-state index in [0.29, 0.717) is 24.7 Å². The van der Waals surface area contributed by atoms with Crippen LogP contribution < -0.4 is 4.74 Å². The molecule has 1 saturated heterocycles. The second-order valence-corrected chi connectivity index (χ2v) is 11.1. The predicted molar refractivity (Wildman–Crippen MR) is 146 cm³/mol. The van der Waals surface area contributed by atoms with Crippen molar-refractivity contribution in [1.82, 2.24) is 19.4 Å². The summed E-state index contributed by atoms with van der Waals surface area (Å²) in [6.45, 7) is 2.98. The van der Waals surface area contributed by atoms with E-state index in [9.17, 15) is 15.0 Å². The zero-order chi connectivity index (χ0) is 26.2. The molecule has 1 unspecified atom stereocenters. The third kappa shape index (κ3) is 7.46. The van der Waals surface area contributed by atoms with Crippen molar-refractivity contribution in [2.75, 3.05) is 32.5 Å². The average Bonchev–Trinajstić information content (AvgIpc) is 3.32. The van der Waals surface area contributed by atoms with Gasteiger partial charge in [0.15, 0.2) is 0 Å². The maximum atomic E-state index is 11.3. The Morgan fingerprint density at radius 3 is 2.89 bits per heavy atom. The first-order chi connectivity index (χ1) is 17.9. The number of rotatable bonds is 13. The van der Waals surface area contributed by atoms with Crippen LogP contribution in [0.2, 0.25) is 0 Å². The van der Waals surface area contributed by atoms with E-state index in [1.807, 2.05) is 60.2 Å². The van der Waals surface area contributed by atoms with Crippen molar-refractivity contribution in [3.05, 3.63) is 48.5 Å². The molecule has 0 radical (unpaired) electrons. The second-order valence-electron chi connectivity index (χ2n) is 9.96. The number of carboxylic acid groups (broad SMARTS) is 1. The van der Waals surface area contributed by atoms with Crippen molar-refractivity contribution >= 4 is 28.6 Å². The van der Waals surface area contributed by atoms with Crippen molar-refractivity contribution in [3.8, 4) is 5.75 Å². The van der Waals surface area contributed by atoms with Gasteiger partial charge < -0.3 is 24.4 Å². The molecule has 0 spiro atoms. The number of likely N-dealkylation sites (tertiary alicyclic amines) is 1. The first-order valence-electron chi connectivity index (χ1n) is 13.1. The molecule has 4 rings (SSSR count). The number of benzene rings is 1. The zero-order valence-corrected chi connectivity index (χ0v) is 22.6. The summed E-state index contributed by atoms with van der Waals surface area (Å²) in [5.41, 5.74) is 1.71. The van der Waals surface area contributed by atoms with Gasteiger partial charge in [-0.2, -0.15) is 0 Å². The first kappa shape index (κ1) is 27.4. The molecule has 0 amide bonds. The quantitative estimate of drug-likeness (QED) is 0.243. The Balaban J connectivity index is 1.32. The lowest BCUT2D eigenvalue weighted by Gasteiger charge is -2.39. The summed E-state index contributed by atoms with van der Waals surface area (Å²) in [6.07, 6.45) is 9.40. The highest BCUT2D eigenvalue weighted by Gasteiger charge is 2.30. The number of nitrogens with zero attached hydrogens (tertiary/aromatic N) is 4. The van der Waals surface area contributed by atoms with Crippen LogP contribution in [-0.2, 0) is 11.8 Å². The molecule has 0 bridgehead atoms. The van der Waals surface area contributed by atoms with E-state index in [4.69, 9.17) is 4.74 Å². The van der Waals surface area contributed by atoms with E-state index in [1.165, 1.54) is 5.03 Å². The lowest BCUT2D eigenvalue weighted by molar-refractivity contribution is -0.137. The Kier molecular flexibility index (Phi) is 9.82. The zero-order valence-electron chi connectivity index (χ0n) is 21.8. The van der Waals surface area contributed by atoms with Gasteiger partial charge in [-0.1, -0.05) is 0 Å². The van der Waals surface area contributed by atoms with Crippen LogP contribution in [0.4, 0.5) is 0 Å². The number of ether oxygens (including phenoxy) is 1. The summed E-state index contributed by atoms with van der Waals surface area (Å²) in [6, 6.07) is 7.61. The van der Waals surface area contributed by atoms with E-state index >= 15 is 0 Å². The van der Waals surface area contributed by atoms with Gasteiger partial charge in [-0.05, 0) is 86.9 Å². The van der Waals surface area contributed by atoms with Crippen molar-refractivity contribution < 1.29 is 19.7 Å². The van der Waals surface area contributed by atoms with Crippen molar-refractivity contribution in [2.45, 2.75) is 49.7 Å². The van der Waals surface area contributed by atoms with Crippen LogP contribution in [0.25, 0.3) is 10.9 Å². The maximum Gasteiger partial charge on any atom is 0.303 e. The number of aliphatic hydroxyl groups excluding tert-OH is 1. The van der Waals surface area contributed by atoms with Gasteiger partial charge in [-0.25, -0.2) is 4.98 Å². The smallest absolute Gasteiger partial charge is 0.303 e. The third-order valence-corrected chi connectivity index (χ3v) is 8.68. The molecule has 2 N–H and O–H groups in total. The lowest BCUT2D eigenvalue weighted by Crippen LogP contribution is -2.41. The van der Waals surface area contributed by atoms with Crippen LogP contribution in [-0.4, -0.2) is 68.1 Å². The van der Waals surface area contributed by atoms with Gasteiger partial charge in [0.25, 0.3) is 0 Å². The minimum Gasteiger partial charge on any atom is -0.497 e. The number of imidazole rings is 1. The number of carbonyl (C=O) groups is 1. The fraction of sp³-hybridized carbons (Fsp3) is 0.536. The lowest BCUT2D eigenvalue weighted by atomic mass is 9.79. The first-order valence-corrected chi connectivity index (χ1v) is 14.1. The SMILES string of the molecule is COc1ccc2nccc(C(O)CC[C@@H]3CCN(CCCSc4cncn4C)C[C@@H]3CCC(=O)O)c2c1. The number of aromatic nitrogens is 3. The molecule has 2 aromatic heterocycles. The molecular weight excluding hydrogens is 488 g/mol. The van der Waals surface area contributed by atoms with E-state index in [0.717, 1.165) is 66.9 Å². The van der Waals surface area contributed by atoms with Gasteiger partial charge >= 0.3 is 5.97 Å². The van der Waals surface area contributed by atoms with Crippen LogP contribution in [0.15, 0.2) is 48.0 Å². The summed E-state index contributed by atoms with van der Waals surface area (Å²) in [5, 5.41) is 22.5. The summed E-state index contributed by atoms with van der Waals surface area (Å²) in [7, 11) is 3.65. The Hall–Kier alpha value is -2.62. The average molecular weight is 527 g/mol. The van der Waals surface area contributed by atoms with Crippen LogP contribution >= 0.6 is 11.8 Å². The molecule has 3 atom stereocenters. The van der Waals surface area contributed by atoms with Gasteiger partial charge in [-0.3, -0.25) is 9.78 Å². The summed E-state index contributed by atoms with van der Waals surface area (Å²) in [5.74, 6) is 1.79. The number of thioether (sulfide) groups is 1. The van der Waals surface area contributed by atoms with E-state index in [2.05, 4.69) is 14.9 Å². The fourth-order valence-electron chi connectivity index (χ4n) is 5.42. The number of fused-ring (bicyclic) bond motifs is 1. The Labute approximate surface area is 223 Å². The number of aliphatic hydroxyl groups is 1. The number of aliphatic carboxylic acids is 1. The van der Waals surface area contributed by atoms with Crippen LogP contribution in [0.3, 0.4) is 0 Å². The predicted octanol–water partition coefficient (Wildman–Crippen LogP) is 4.78. The molecular formula is C28H38N4O4S. The molecule has 1 aromatic carbocycles. The van der Waals surface area contributed by atoms with Crippen LogP contribution in [0.1, 0.15) is 50.2 Å². The number of carboxylic acids is 1. The molecule has 1 fully saturated rings. The van der Waals surface area contributed by atoms with Gasteiger partial charge in [-0.15, -0.1) is 11.8 Å². The van der Waals surface area contributed by atoms with Gasteiger partial charge in [0, 0.05) is 37.3 Å². The van der Waals surface area contributed by atoms with E-state index in [1.54, 1.807) is 13.3 Å². The summed E-state index contributed by atoms with van der Waals surface area (Å²) in [4.78, 5) is 22.4. The van der Waals surface area contributed by atoms with Crippen LogP contribution in [0.5, 0.6) is 5.75 Å². The number of methoxy groups -OCH3 is 1. The Morgan fingerprint density at radius 1 is 1.27 bits per heavy atom. The fourth-order valence-corrected chi connectivity index (χ4v) is 6.28. The number of hydrogen-bond donors (Lipinski definition) is 2. The number of aryl methyl sites for hydroxylation is 1. The standard InChI is InChI=1S/C28H38N4O4S/c1-31-19-29-17-27(31)37-15-3-13-32-14-11-20(21(18-32)5-9-28(34)35)4-8-26(33)23-10-12-30-25-7-6-22(36-2)16-24(23)25/h6-7,10,12,16-17,19-21,26,33H,3-5,8-9,11,13-15,18H2,1-2H3,(H,34,35)/t20-,21+,26?/m1/s1. The van der Waals surface area contributed by atoms with Gasteiger partial charge in [0.1, 0.15) is 5.75 Å². The maximum absolute atomic E-state index is 11.3. The monoisotopic (exact) mass is 526 g/mol. The summed E-state index contributed by atoms with van der Waals surface area (Å²) < 4.78 is 7.41. The minimum atomic E-state index is -0.735. The summed E-state index contributed by atoms with van der Waals surface area (Å²) >= 11 is 1.83. The normalized spacial score (nSPS) is 19.2. The Bertz CT molecular complexity index is 1170. The second kappa shape index (κ2) is 13.3. The molecule has 8 nitrogen and oxygen atoms in total. The number of pyridine rings is 1. The van der Waals surface area contributed by atoms with Gasteiger partial charge in [0.2, 0.25) is 0 Å². The molecule has 200 valence electrons. The number of hydrogen-bond acceptors (Lipinski definition) is 7. The minimum absolute atomic E-state index is 0.197. The van der Waals surface area contributed by atoms with Crippen molar-refractivity contribution in [2.24, 2.45) is 18.9 Å². The van der Waals surface area contributed by atoms with Gasteiger partial charge in [0.05, 0.1) is 36.3 Å². The van der Waals surface area contributed by atoms with Crippen LogP contribution in [0, 0.1) is 11.8 Å². The van der Waals surface area contributed by atoms with Crippen molar-refractivity contribution in [1.29, 1.82) is 0 Å². The van der Waals surface area contributed by atoms with E-state index < -0.39 is 12.1 Å². The topological polar surface area (TPSA) is 101 Å². The molecule has 1 aliphatic heterocycles. The Morgan fingerprint density at radius 2 is 2.14 bits per heavy atom. The highest BCUT2D eigenvalue weighted by atomic mass is 32.2. The molecule has 37 heavy (non-hydrogen) atoms. The van der Waals surface area contributed by atoms with E-state index in [-0.39, 0.29) is 6.42 Å².